The first-order chi connectivity index (χ1) is 10.6. The maximum absolute atomic E-state index is 12.1. The number of nitrogens with one attached hydrogen (secondary N) is 1. The van der Waals surface area contributed by atoms with E-state index in [9.17, 15) is 4.79 Å². The Kier molecular flexibility index (Phi) is 3.92. The molecule has 0 fully saturated rings. The van der Waals surface area contributed by atoms with Gasteiger partial charge in [0.05, 0.1) is 18.3 Å². The number of amides is 1. The number of carbonyl (C=O) groups is 1. The number of fused-ring (bicyclic) bond motifs is 1. The minimum atomic E-state index is 0.00262. The average molecular weight is 293 g/mol. The molecule has 0 bridgehead atoms. The van der Waals surface area contributed by atoms with E-state index >= 15 is 0 Å². The molecule has 0 atom stereocenters. The van der Waals surface area contributed by atoms with Gasteiger partial charge in [-0.1, -0.05) is 24.3 Å². The van der Waals surface area contributed by atoms with Gasteiger partial charge in [0.2, 0.25) is 5.91 Å². The fraction of sp³-hybridized carbons (Fsp3) is 0.222. The number of para-hydroxylation sites is 1. The summed E-state index contributed by atoms with van der Waals surface area (Å²) in [6.45, 7) is 4.68. The van der Waals surface area contributed by atoms with Crippen molar-refractivity contribution in [1.82, 2.24) is 9.78 Å². The summed E-state index contributed by atoms with van der Waals surface area (Å²) in [6.07, 6.45) is 2.23. The first kappa shape index (κ1) is 14.3. The fourth-order valence-corrected chi connectivity index (χ4v) is 2.45. The molecule has 0 unspecified atom stereocenters. The number of aromatic nitrogens is 2. The van der Waals surface area contributed by atoms with Gasteiger partial charge in [-0.25, -0.2) is 0 Å². The lowest BCUT2D eigenvalue weighted by Crippen LogP contribution is -2.15. The summed E-state index contributed by atoms with van der Waals surface area (Å²) in [5.74, 6) is 0.00262. The third-order valence-corrected chi connectivity index (χ3v) is 3.89. The maximum atomic E-state index is 12.1. The third kappa shape index (κ3) is 3.01. The molecule has 3 rings (SSSR count). The molecule has 0 saturated heterocycles. The summed E-state index contributed by atoms with van der Waals surface area (Å²) in [4.78, 5) is 12.1. The van der Waals surface area contributed by atoms with Crippen LogP contribution in [0.2, 0.25) is 0 Å². The van der Waals surface area contributed by atoms with E-state index in [1.807, 2.05) is 60.3 Å². The Bertz CT molecular complexity index is 820. The molecule has 1 N–H and O–H groups in total. The SMILES string of the molecule is Cc1ccc(NC(=O)CCn2ncc3ccccc32)cc1C. The lowest BCUT2D eigenvalue weighted by Gasteiger charge is -2.08. The van der Waals surface area contributed by atoms with Crippen LogP contribution in [0.25, 0.3) is 10.9 Å². The van der Waals surface area contributed by atoms with Crippen molar-refractivity contribution < 1.29 is 4.79 Å². The molecule has 0 aliphatic heterocycles. The molecule has 0 saturated carbocycles. The molecule has 0 radical (unpaired) electrons. The van der Waals surface area contributed by atoms with Gasteiger partial charge in [-0.2, -0.15) is 5.10 Å². The monoisotopic (exact) mass is 293 g/mol. The van der Waals surface area contributed by atoms with Crippen molar-refractivity contribution in [2.75, 3.05) is 5.32 Å². The highest BCUT2D eigenvalue weighted by atomic mass is 16.1. The van der Waals surface area contributed by atoms with Gasteiger partial charge >= 0.3 is 0 Å². The number of anilines is 1. The van der Waals surface area contributed by atoms with Crippen LogP contribution < -0.4 is 5.32 Å². The minimum absolute atomic E-state index is 0.00262. The van der Waals surface area contributed by atoms with Gasteiger partial charge in [0.15, 0.2) is 0 Å². The number of rotatable bonds is 4. The van der Waals surface area contributed by atoms with E-state index in [2.05, 4.69) is 17.3 Å². The molecule has 0 spiro atoms. The highest BCUT2D eigenvalue weighted by Gasteiger charge is 2.06. The van der Waals surface area contributed by atoms with Crippen LogP contribution >= 0.6 is 0 Å². The second-order valence-corrected chi connectivity index (χ2v) is 5.52. The van der Waals surface area contributed by atoms with Crippen LogP contribution in [0.1, 0.15) is 17.5 Å². The number of carbonyl (C=O) groups excluding carboxylic acids is 1. The molecule has 112 valence electrons. The number of aryl methyl sites for hydroxylation is 3. The van der Waals surface area contributed by atoms with Crippen LogP contribution in [0.5, 0.6) is 0 Å². The normalized spacial score (nSPS) is 10.8. The Morgan fingerprint density at radius 2 is 1.95 bits per heavy atom. The van der Waals surface area contributed by atoms with Gasteiger partial charge in [0, 0.05) is 17.5 Å². The van der Waals surface area contributed by atoms with Crippen LogP contribution in [0, 0.1) is 13.8 Å². The van der Waals surface area contributed by atoms with Crippen LogP contribution in [0.15, 0.2) is 48.7 Å². The number of benzene rings is 2. The van der Waals surface area contributed by atoms with Crippen LogP contribution in [-0.2, 0) is 11.3 Å². The van der Waals surface area contributed by atoms with Gasteiger partial charge in [-0.05, 0) is 43.2 Å². The Labute approximate surface area is 129 Å². The maximum Gasteiger partial charge on any atom is 0.226 e. The predicted octanol–water partition coefficient (Wildman–Crippen LogP) is 3.68. The van der Waals surface area contributed by atoms with Crippen molar-refractivity contribution in [2.24, 2.45) is 0 Å². The van der Waals surface area contributed by atoms with Gasteiger partial charge in [-0.3, -0.25) is 9.48 Å². The van der Waals surface area contributed by atoms with Crippen LogP contribution in [0.3, 0.4) is 0 Å². The lowest BCUT2D eigenvalue weighted by molar-refractivity contribution is -0.116. The van der Waals surface area contributed by atoms with E-state index in [-0.39, 0.29) is 5.91 Å². The van der Waals surface area contributed by atoms with E-state index in [1.54, 1.807) is 0 Å². The van der Waals surface area contributed by atoms with Crippen molar-refractivity contribution >= 4 is 22.5 Å². The molecule has 4 heteroatoms. The molecular formula is C18H19N3O. The fourth-order valence-electron chi connectivity index (χ4n) is 2.45. The topological polar surface area (TPSA) is 46.9 Å². The van der Waals surface area contributed by atoms with Crippen molar-refractivity contribution in [3.63, 3.8) is 0 Å². The first-order valence-corrected chi connectivity index (χ1v) is 7.41. The van der Waals surface area contributed by atoms with Crippen molar-refractivity contribution in [2.45, 2.75) is 26.8 Å². The second-order valence-electron chi connectivity index (χ2n) is 5.52. The number of hydrogen-bond acceptors (Lipinski definition) is 2. The van der Waals surface area contributed by atoms with Gasteiger partial charge in [0.25, 0.3) is 0 Å². The molecule has 1 heterocycles. The van der Waals surface area contributed by atoms with Crippen molar-refractivity contribution in [1.29, 1.82) is 0 Å². The highest BCUT2D eigenvalue weighted by Crippen LogP contribution is 2.15. The number of nitrogens with zero attached hydrogens (tertiary/aromatic N) is 2. The lowest BCUT2D eigenvalue weighted by atomic mass is 10.1. The zero-order chi connectivity index (χ0) is 15.5. The van der Waals surface area contributed by atoms with Crippen molar-refractivity contribution in [3.8, 4) is 0 Å². The smallest absolute Gasteiger partial charge is 0.226 e. The number of hydrogen-bond donors (Lipinski definition) is 1. The molecule has 22 heavy (non-hydrogen) atoms. The highest BCUT2D eigenvalue weighted by molar-refractivity contribution is 5.90. The zero-order valence-corrected chi connectivity index (χ0v) is 12.8. The molecule has 2 aromatic carbocycles. The molecule has 3 aromatic rings. The van der Waals surface area contributed by atoms with E-state index in [1.165, 1.54) is 11.1 Å². The van der Waals surface area contributed by atoms with Crippen LogP contribution in [0.4, 0.5) is 5.69 Å². The summed E-state index contributed by atoms with van der Waals surface area (Å²) < 4.78 is 1.87. The summed E-state index contributed by atoms with van der Waals surface area (Å²) >= 11 is 0. The summed E-state index contributed by atoms with van der Waals surface area (Å²) in [5.41, 5.74) is 4.30. The molecule has 0 aliphatic rings. The van der Waals surface area contributed by atoms with Crippen molar-refractivity contribution in [3.05, 3.63) is 59.8 Å². The molecular weight excluding hydrogens is 274 g/mol. The minimum Gasteiger partial charge on any atom is -0.326 e. The largest absolute Gasteiger partial charge is 0.326 e. The standard InChI is InChI=1S/C18H19N3O/c1-13-7-8-16(11-14(13)2)20-18(22)9-10-21-17-6-4-3-5-15(17)12-19-21/h3-8,11-12H,9-10H2,1-2H3,(H,20,22). The molecule has 1 amide bonds. The van der Waals surface area contributed by atoms with E-state index < -0.39 is 0 Å². The van der Waals surface area contributed by atoms with Crippen LogP contribution in [-0.4, -0.2) is 15.7 Å². The first-order valence-electron chi connectivity index (χ1n) is 7.41. The Morgan fingerprint density at radius 1 is 1.14 bits per heavy atom. The Hall–Kier alpha value is -2.62. The Balaban J connectivity index is 1.63. The summed E-state index contributed by atoms with van der Waals surface area (Å²) in [7, 11) is 0. The van der Waals surface area contributed by atoms with E-state index in [4.69, 9.17) is 0 Å². The summed E-state index contributed by atoms with van der Waals surface area (Å²) in [5, 5.41) is 8.37. The molecule has 1 aromatic heterocycles. The third-order valence-electron chi connectivity index (χ3n) is 3.89. The van der Waals surface area contributed by atoms with Gasteiger partial charge in [-0.15, -0.1) is 0 Å². The van der Waals surface area contributed by atoms with E-state index in [0.29, 0.717) is 13.0 Å². The summed E-state index contributed by atoms with van der Waals surface area (Å²) in [6, 6.07) is 14.0. The molecule has 0 aliphatic carbocycles. The van der Waals surface area contributed by atoms with Gasteiger partial charge in [0.1, 0.15) is 0 Å². The predicted molar refractivity (Wildman–Crippen MR) is 88.9 cm³/mol. The molecule has 4 nitrogen and oxygen atoms in total. The van der Waals surface area contributed by atoms with Gasteiger partial charge < -0.3 is 5.32 Å². The zero-order valence-electron chi connectivity index (χ0n) is 12.8. The quantitative estimate of drug-likeness (QED) is 0.797. The Morgan fingerprint density at radius 3 is 2.77 bits per heavy atom. The van der Waals surface area contributed by atoms with E-state index in [0.717, 1.165) is 16.6 Å². The second kappa shape index (κ2) is 6.02. The average Bonchev–Trinajstić information content (AvgIpc) is 2.92.